The predicted molar refractivity (Wildman–Crippen MR) is 226 cm³/mol. The largest absolute Gasteiger partial charge is 0.490 e. The Morgan fingerprint density at radius 3 is 2.28 bits per heavy atom. The second-order valence-electron chi connectivity index (χ2n) is 16.1. The minimum atomic E-state index is -1.25. The van der Waals surface area contributed by atoms with E-state index in [1.807, 2.05) is 80.6 Å². The van der Waals surface area contributed by atoms with Gasteiger partial charge in [0.25, 0.3) is 5.91 Å². The van der Waals surface area contributed by atoms with Crippen molar-refractivity contribution in [3.05, 3.63) is 159 Å². The zero-order valence-electron chi connectivity index (χ0n) is 34.4. The fourth-order valence-electron chi connectivity index (χ4n) is 8.66. The van der Waals surface area contributed by atoms with Crippen LogP contribution in [0.2, 0.25) is 0 Å². The van der Waals surface area contributed by atoms with Gasteiger partial charge in [-0.1, -0.05) is 60.7 Å². The molecule has 0 saturated carbocycles. The SMILES string of the molecule is Cc1nc(C(=O)N2Cc3cc4c(cc3C[C@H]2C(=O)NC(Cc2ccc(-c3ccnc(C)c3C)cc2)C(=O)O)OC[C@H](c2ccc(OC3Cc5ccccc5C3)cc2)O4)c(C)o1. The molecule has 1 aliphatic carbocycles. The molecule has 0 bridgehead atoms. The zero-order valence-corrected chi connectivity index (χ0v) is 34.4. The predicted octanol–water partition coefficient (Wildman–Crippen LogP) is 7.41. The van der Waals surface area contributed by atoms with Gasteiger partial charge in [0, 0.05) is 51.0 Å². The average Bonchev–Trinajstić information content (AvgIpc) is 3.83. The van der Waals surface area contributed by atoms with E-state index in [2.05, 4.69) is 39.6 Å². The first-order chi connectivity index (χ1) is 29.5. The number of amides is 2. The summed E-state index contributed by atoms with van der Waals surface area (Å²) < 4.78 is 24.7. The fourth-order valence-corrected chi connectivity index (χ4v) is 8.66. The van der Waals surface area contributed by atoms with Crippen LogP contribution >= 0.6 is 0 Å². The molecule has 2 N–H and O–H groups in total. The number of nitrogens with zero attached hydrogens (tertiary/aromatic N) is 3. The van der Waals surface area contributed by atoms with Gasteiger partial charge in [0.2, 0.25) is 5.91 Å². The maximum atomic E-state index is 14.2. The maximum absolute atomic E-state index is 14.2. The number of carboxylic acid groups (broad SMARTS) is 1. The van der Waals surface area contributed by atoms with Crippen molar-refractivity contribution in [1.82, 2.24) is 20.2 Å². The van der Waals surface area contributed by atoms with Crippen molar-refractivity contribution in [2.24, 2.45) is 0 Å². The molecule has 310 valence electrons. The zero-order chi connectivity index (χ0) is 42.4. The molecule has 9 rings (SSSR count). The third kappa shape index (κ3) is 8.05. The van der Waals surface area contributed by atoms with Crippen LogP contribution in [0.4, 0.5) is 0 Å². The Kier molecular flexibility index (Phi) is 10.5. The van der Waals surface area contributed by atoms with E-state index >= 15 is 0 Å². The van der Waals surface area contributed by atoms with Crippen molar-refractivity contribution in [2.45, 2.75) is 84.2 Å². The number of hydrogen-bond acceptors (Lipinski definition) is 9. The van der Waals surface area contributed by atoms with Gasteiger partial charge in [0.1, 0.15) is 36.3 Å². The monoisotopic (exact) mass is 818 g/mol. The summed E-state index contributed by atoms with van der Waals surface area (Å²) >= 11 is 0. The highest BCUT2D eigenvalue weighted by molar-refractivity contribution is 5.98. The number of pyridine rings is 1. The smallest absolute Gasteiger partial charge is 0.326 e. The van der Waals surface area contributed by atoms with Gasteiger partial charge in [-0.3, -0.25) is 14.6 Å². The van der Waals surface area contributed by atoms with Crippen LogP contribution in [-0.2, 0) is 41.8 Å². The van der Waals surface area contributed by atoms with Crippen LogP contribution in [0.15, 0.2) is 102 Å². The molecule has 2 aromatic heterocycles. The van der Waals surface area contributed by atoms with E-state index in [9.17, 15) is 19.5 Å². The Morgan fingerprint density at radius 2 is 1.59 bits per heavy atom. The van der Waals surface area contributed by atoms with Crippen LogP contribution < -0.4 is 19.5 Å². The number of hydrogen-bond donors (Lipinski definition) is 2. The van der Waals surface area contributed by atoms with E-state index in [-0.39, 0.29) is 43.9 Å². The number of rotatable bonds is 10. The van der Waals surface area contributed by atoms with Crippen LogP contribution in [0.1, 0.15) is 72.9 Å². The fraction of sp³-hybridized carbons (Fsp3) is 0.286. The molecule has 1 unspecified atom stereocenters. The Labute approximate surface area is 353 Å². The van der Waals surface area contributed by atoms with Gasteiger partial charge in [-0.15, -0.1) is 0 Å². The third-order valence-electron chi connectivity index (χ3n) is 12.1. The van der Waals surface area contributed by atoms with Crippen LogP contribution in [0, 0.1) is 27.7 Å². The number of aryl methyl sites for hydroxylation is 3. The first-order valence-electron chi connectivity index (χ1n) is 20.6. The maximum Gasteiger partial charge on any atom is 0.326 e. The van der Waals surface area contributed by atoms with E-state index in [0.29, 0.717) is 23.1 Å². The van der Waals surface area contributed by atoms with E-state index in [0.717, 1.165) is 63.2 Å². The van der Waals surface area contributed by atoms with Gasteiger partial charge in [0.15, 0.2) is 29.2 Å². The van der Waals surface area contributed by atoms with Crippen molar-refractivity contribution in [1.29, 1.82) is 0 Å². The number of ether oxygens (including phenoxy) is 3. The lowest BCUT2D eigenvalue weighted by atomic mass is 9.91. The highest BCUT2D eigenvalue weighted by Crippen LogP contribution is 2.41. The third-order valence-corrected chi connectivity index (χ3v) is 12.1. The van der Waals surface area contributed by atoms with E-state index < -0.39 is 29.9 Å². The number of carbonyl (C=O) groups is 3. The molecule has 12 nitrogen and oxygen atoms in total. The summed E-state index contributed by atoms with van der Waals surface area (Å²) in [6.45, 7) is 7.59. The summed E-state index contributed by atoms with van der Waals surface area (Å²) in [4.78, 5) is 51.2. The lowest BCUT2D eigenvalue weighted by Crippen LogP contribution is -2.56. The number of carbonyl (C=O) groups excluding carboxylic acids is 2. The number of oxazole rings is 1. The summed E-state index contributed by atoms with van der Waals surface area (Å²) in [7, 11) is 0. The standard InChI is InChI=1S/C49H46N4O8/c1-27-28(2)50-18-17-40(27)32-11-9-31(10-12-32)19-41(49(56)57)52-47(54)42-22-36-23-43-44(24-37(36)25-53(42)48(55)46-29(3)59-30(4)51-46)61-45(26-58-43)33-13-15-38(16-14-33)60-39-20-34-7-5-6-8-35(34)21-39/h5-18,23-24,39,41-42,45H,19-22,25-26H2,1-4H3,(H,52,54)(H,56,57)/t41?,42-,45+/m0/s1. The van der Waals surface area contributed by atoms with Crippen molar-refractivity contribution in [3.63, 3.8) is 0 Å². The molecule has 6 aromatic rings. The molecule has 0 saturated heterocycles. The van der Waals surface area contributed by atoms with Crippen molar-refractivity contribution in [2.75, 3.05) is 6.61 Å². The molecular weight excluding hydrogens is 773 g/mol. The van der Waals surface area contributed by atoms with Gasteiger partial charge in [0.05, 0.1) is 0 Å². The molecular formula is C49H46N4O8. The van der Waals surface area contributed by atoms with Crippen LogP contribution in [0.25, 0.3) is 11.1 Å². The van der Waals surface area contributed by atoms with E-state index in [4.69, 9.17) is 18.6 Å². The van der Waals surface area contributed by atoms with Crippen molar-refractivity contribution >= 4 is 17.8 Å². The number of fused-ring (bicyclic) bond motifs is 3. The van der Waals surface area contributed by atoms with Gasteiger partial charge in [-0.25, -0.2) is 9.78 Å². The first-order valence-corrected chi connectivity index (χ1v) is 20.6. The summed E-state index contributed by atoms with van der Waals surface area (Å²) in [6.07, 6.45) is 3.40. The lowest BCUT2D eigenvalue weighted by molar-refractivity contribution is -0.142. The number of aliphatic carboxylic acids is 1. The Hall–Kier alpha value is -6.95. The van der Waals surface area contributed by atoms with Crippen LogP contribution in [0.3, 0.4) is 0 Å². The minimum Gasteiger partial charge on any atom is -0.490 e. The van der Waals surface area contributed by atoms with Gasteiger partial charge in [-0.2, -0.15) is 0 Å². The summed E-state index contributed by atoms with van der Waals surface area (Å²) in [5, 5.41) is 13.1. The summed E-state index contributed by atoms with van der Waals surface area (Å²) in [6, 6.07) is 27.3. The normalized spacial score (nSPS) is 17.3. The first kappa shape index (κ1) is 39.5. The van der Waals surface area contributed by atoms with Crippen LogP contribution in [0.5, 0.6) is 17.2 Å². The molecule has 4 heterocycles. The lowest BCUT2D eigenvalue weighted by Gasteiger charge is -2.37. The number of carboxylic acids is 1. The highest BCUT2D eigenvalue weighted by atomic mass is 16.6. The quantitative estimate of drug-likeness (QED) is 0.143. The molecule has 2 amide bonds. The van der Waals surface area contributed by atoms with Crippen molar-refractivity contribution < 1.29 is 38.1 Å². The Balaban J connectivity index is 0.919. The number of benzene rings is 4. The second kappa shape index (κ2) is 16.2. The number of nitrogens with one attached hydrogen (secondary N) is 1. The summed E-state index contributed by atoms with van der Waals surface area (Å²) in [5.74, 6) is 0.210. The highest BCUT2D eigenvalue weighted by Gasteiger charge is 2.39. The molecule has 0 radical (unpaired) electrons. The van der Waals surface area contributed by atoms with E-state index in [1.54, 1.807) is 20.0 Å². The number of aromatic nitrogens is 2. The molecule has 3 atom stereocenters. The van der Waals surface area contributed by atoms with Gasteiger partial charge in [-0.05, 0) is 101 Å². The second-order valence-corrected chi connectivity index (χ2v) is 16.1. The van der Waals surface area contributed by atoms with Gasteiger partial charge < -0.3 is 34.0 Å². The minimum absolute atomic E-state index is 0.0411. The Morgan fingerprint density at radius 1 is 0.869 bits per heavy atom. The summed E-state index contributed by atoms with van der Waals surface area (Å²) in [5.41, 5.74) is 10.0. The van der Waals surface area contributed by atoms with Gasteiger partial charge >= 0.3 is 5.97 Å². The molecule has 4 aromatic carbocycles. The van der Waals surface area contributed by atoms with E-state index in [1.165, 1.54) is 16.0 Å². The molecule has 0 fully saturated rings. The molecule has 3 aliphatic rings. The molecule has 0 spiro atoms. The topological polar surface area (TPSA) is 153 Å². The average molecular weight is 819 g/mol. The molecule has 61 heavy (non-hydrogen) atoms. The van der Waals surface area contributed by atoms with Crippen LogP contribution in [-0.4, -0.2) is 62.6 Å². The Bertz CT molecular complexity index is 2630. The van der Waals surface area contributed by atoms with Crippen molar-refractivity contribution in [3.8, 4) is 28.4 Å². The molecule has 12 heteroatoms. The molecule has 2 aliphatic heterocycles.